The summed E-state index contributed by atoms with van der Waals surface area (Å²) in [6.45, 7) is 10.6. The van der Waals surface area contributed by atoms with Gasteiger partial charge in [-0.3, -0.25) is 4.79 Å². The second kappa shape index (κ2) is 6.73. The summed E-state index contributed by atoms with van der Waals surface area (Å²) in [6.07, 6.45) is 5.86. The minimum atomic E-state index is -0.934. The zero-order chi connectivity index (χ0) is 23.3. The summed E-state index contributed by atoms with van der Waals surface area (Å²) in [5.74, 6) is 0.724. The van der Waals surface area contributed by atoms with Gasteiger partial charge < -0.3 is 20.3 Å². The summed E-state index contributed by atoms with van der Waals surface area (Å²) in [7, 11) is 1.75. The van der Waals surface area contributed by atoms with E-state index in [0.29, 0.717) is 17.2 Å². The van der Waals surface area contributed by atoms with Gasteiger partial charge >= 0.3 is 0 Å². The molecule has 2 unspecified atom stereocenters. The molecule has 7 atom stereocenters. The van der Waals surface area contributed by atoms with Crippen LogP contribution >= 0.6 is 0 Å². The van der Waals surface area contributed by atoms with E-state index in [-0.39, 0.29) is 34.4 Å². The Hall–Kier alpha value is -1.59. The lowest BCUT2D eigenvalue weighted by atomic mass is 9.37. The van der Waals surface area contributed by atoms with Crippen LogP contribution in [0.5, 0.6) is 5.75 Å². The number of ether oxygens (including phenoxy) is 2. The molecule has 5 nitrogen and oxygen atoms in total. The third-order valence-electron chi connectivity index (χ3n) is 10.4. The van der Waals surface area contributed by atoms with Crippen LogP contribution in [0.1, 0.15) is 88.2 Å². The zero-order valence-corrected chi connectivity index (χ0v) is 20.5. The molecule has 2 saturated carbocycles. The van der Waals surface area contributed by atoms with Crippen LogP contribution < -0.4 is 10.5 Å². The third kappa shape index (κ3) is 2.39. The molecule has 3 N–H and O–H groups in total. The second-order valence-electron chi connectivity index (χ2n) is 12.1. The van der Waals surface area contributed by atoms with E-state index in [1.54, 1.807) is 7.11 Å². The molecule has 0 aromatic heterocycles. The van der Waals surface area contributed by atoms with E-state index in [1.807, 2.05) is 13.0 Å². The minimum Gasteiger partial charge on any atom is -0.486 e. The van der Waals surface area contributed by atoms with Crippen molar-refractivity contribution in [2.24, 2.45) is 28.4 Å². The minimum absolute atomic E-state index is 0.0133. The molecule has 1 amide bonds. The van der Waals surface area contributed by atoms with Crippen LogP contribution in [0.2, 0.25) is 0 Å². The first-order valence-electron chi connectivity index (χ1n) is 12.3. The quantitative estimate of drug-likeness (QED) is 0.727. The van der Waals surface area contributed by atoms with Crippen molar-refractivity contribution >= 4 is 5.91 Å². The fraction of sp³-hybridized carbons (Fsp3) is 0.741. The van der Waals surface area contributed by atoms with Gasteiger partial charge in [-0.15, -0.1) is 0 Å². The van der Waals surface area contributed by atoms with Crippen LogP contribution in [-0.4, -0.2) is 35.9 Å². The highest BCUT2D eigenvalue weighted by Crippen LogP contribution is 2.73. The van der Waals surface area contributed by atoms with Gasteiger partial charge in [0.25, 0.3) is 5.91 Å². The van der Waals surface area contributed by atoms with Gasteiger partial charge in [-0.05, 0) is 67.4 Å². The molecule has 5 heteroatoms. The Balaban J connectivity index is 1.79. The van der Waals surface area contributed by atoms with Crippen molar-refractivity contribution in [2.45, 2.75) is 96.4 Å². The van der Waals surface area contributed by atoms with Crippen molar-refractivity contribution in [1.29, 1.82) is 0 Å². The number of benzene rings is 1. The van der Waals surface area contributed by atoms with Crippen LogP contribution in [0.4, 0.5) is 0 Å². The van der Waals surface area contributed by atoms with Gasteiger partial charge in [0.2, 0.25) is 0 Å². The number of carbonyl (C=O) groups excluding carboxylic acids is 1. The van der Waals surface area contributed by atoms with Gasteiger partial charge in [-0.1, -0.05) is 40.2 Å². The largest absolute Gasteiger partial charge is 0.486 e. The Labute approximate surface area is 192 Å². The summed E-state index contributed by atoms with van der Waals surface area (Å²) in [4.78, 5) is 12.4. The fourth-order valence-corrected chi connectivity index (χ4v) is 8.38. The van der Waals surface area contributed by atoms with Crippen LogP contribution in [-0.2, 0) is 16.6 Å². The number of methoxy groups -OCH3 is 1. The maximum absolute atomic E-state index is 12.4. The Morgan fingerprint density at radius 2 is 2.03 bits per heavy atom. The summed E-state index contributed by atoms with van der Waals surface area (Å²) in [6, 6.07) is 3.97. The maximum atomic E-state index is 12.4. The normalized spacial score (nSPS) is 39.1. The summed E-state index contributed by atoms with van der Waals surface area (Å²) in [5, 5.41) is 11.9. The number of rotatable bonds is 4. The molecule has 3 aliphatic carbocycles. The lowest BCUT2D eigenvalue weighted by Gasteiger charge is -2.67. The number of carbonyl (C=O) groups is 1. The highest BCUT2D eigenvalue weighted by molar-refractivity contribution is 5.97. The Morgan fingerprint density at radius 3 is 2.62 bits per heavy atom. The maximum Gasteiger partial charge on any atom is 0.252 e. The van der Waals surface area contributed by atoms with Crippen LogP contribution in [0, 0.1) is 22.7 Å². The Kier molecular flexibility index (Phi) is 4.67. The highest BCUT2D eigenvalue weighted by atomic mass is 16.5. The molecule has 32 heavy (non-hydrogen) atoms. The number of amides is 1. The van der Waals surface area contributed by atoms with E-state index >= 15 is 0 Å². The predicted octanol–water partition coefficient (Wildman–Crippen LogP) is 4.37. The van der Waals surface area contributed by atoms with Crippen molar-refractivity contribution in [1.82, 2.24) is 0 Å². The van der Waals surface area contributed by atoms with Crippen molar-refractivity contribution < 1.29 is 19.4 Å². The topological polar surface area (TPSA) is 81.8 Å². The van der Waals surface area contributed by atoms with Crippen LogP contribution in [0.15, 0.2) is 12.1 Å². The fourth-order valence-electron chi connectivity index (χ4n) is 8.38. The van der Waals surface area contributed by atoms with Gasteiger partial charge in [0.15, 0.2) is 0 Å². The van der Waals surface area contributed by atoms with E-state index in [9.17, 15) is 9.90 Å². The van der Waals surface area contributed by atoms with Crippen molar-refractivity contribution in [2.75, 3.05) is 7.11 Å². The number of nitrogens with two attached hydrogens (primary N) is 1. The standard InChI is InChI=1S/C27H39NO4/c1-7-26-14-18(25(5,30)24(2,3)4)21(31-6)22-27(26)12-8-9-16(26)13-15-10-11-17(23(28)29)20(32-22)19(15)27/h10-11,16,18,21-22,30H,7-9,12-14H2,1-6H3,(H2,28,29)/t16-,18?,21?,22+,25+,26-,27+/m1/s1. The van der Waals surface area contributed by atoms with E-state index < -0.39 is 11.5 Å². The van der Waals surface area contributed by atoms with Gasteiger partial charge in [0.05, 0.1) is 11.2 Å². The molecule has 2 bridgehead atoms. The first-order valence-corrected chi connectivity index (χ1v) is 12.3. The molecule has 5 rings (SSSR count). The second-order valence-corrected chi connectivity index (χ2v) is 12.1. The predicted molar refractivity (Wildman–Crippen MR) is 124 cm³/mol. The molecule has 1 aromatic rings. The van der Waals surface area contributed by atoms with Crippen LogP contribution in [0.3, 0.4) is 0 Å². The van der Waals surface area contributed by atoms with Gasteiger partial charge in [0.1, 0.15) is 18.0 Å². The molecule has 4 aliphatic rings. The summed E-state index contributed by atoms with van der Waals surface area (Å²) in [5.41, 5.74) is 7.41. The third-order valence-corrected chi connectivity index (χ3v) is 10.4. The van der Waals surface area contributed by atoms with Crippen molar-refractivity contribution in [3.05, 3.63) is 28.8 Å². The molecule has 0 saturated heterocycles. The number of hydrogen-bond acceptors (Lipinski definition) is 4. The van der Waals surface area contributed by atoms with Crippen molar-refractivity contribution in [3.8, 4) is 5.75 Å². The Morgan fingerprint density at radius 1 is 1.31 bits per heavy atom. The monoisotopic (exact) mass is 441 g/mol. The molecule has 1 heterocycles. The molecule has 1 spiro atoms. The van der Waals surface area contributed by atoms with E-state index in [0.717, 1.165) is 32.1 Å². The van der Waals surface area contributed by atoms with Gasteiger partial charge in [-0.2, -0.15) is 0 Å². The first-order chi connectivity index (χ1) is 15.0. The number of aliphatic hydroxyl groups is 1. The number of hydrogen-bond donors (Lipinski definition) is 2. The molecular formula is C27H39NO4. The Bertz CT molecular complexity index is 963. The zero-order valence-electron chi connectivity index (χ0n) is 20.5. The molecule has 1 aliphatic heterocycles. The first kappa shape index (κ1) is 22.2. The highest BCUT2D eigenvalue weighted by Gasteiger charge is 2.74. The average molecular weight is 442 g/mol. The molecule has 2 fully saturated rings. The molecule has 176 valence electrons. The lowest BCUT2D eigenvalue weighted by Crippen LogP contribution is -2.72. The van der Waals surface area contributed by atoms with E-state index in [4.69, 9.17) is 15.2 Å². The molecule has 1 aromatic carbocycles. The smallest absolute Gasteiger partial charge is 0.252 e. The SMILES string of the molecule is CC[C@]12CC([C@](C)(O)C(C)(C)C)C(OC)[C@@H]3Oc4c(C(N)=O)ccc5c4[C@@]31CCC[C@@H]2C5. The number of primary amides is 1. The van der Waals surface area contributed by atoms with E-state index in [2.05, 4.69) is 33.8 Å². The van der Waals surface area contributed by atoms with Gasteiger partial charge in [-0.25, -0.2) is 0 Å². The summed E-state index contributed by atoms with van der Waals surface area (Å²) < 4.78 is 13.0. The average Bonchev–Trinajstić information content (AvgIpc) is 3.05. The summed E-state index contributed by atoms with van der Waals surface area (Å²) >= 11 is 0. The van der Waals surface area contributed by atoms with E-state index in [1.165, 1.54) is 17.5 Å². The molecule has 0 radical (unpaired) electrons. The molecular weight excluding hydrogens is 402 g/mol. The van der Waals surface area contributed by atoms with Gasteiger partial charge in [0, 0.05) is 24.0 Å². The van der Waals surface area contributed by atoms with Crippen molar-refractivity contribution in [3.63, 3.8) is 0 Å². The van der Waals surface area contributed by atoms with Crippen LogP contribution in [0.25, 0.3) is 0 Å². The lowest BCUT2D eigenvalue weighted by molar-refractivity contribution is -0.231.